The van der Waals surface area contributed by atoms with Gasteiger partial charge in [-0.1, -0.05) is 32.4 Å². The summed E-state index contributed by atoms with van der Waals surface area (Å²) in [5.41, 5.74) is 0.431. The van der Waals surface area contributed by atoms with E-state index in [1.807, 2.05) is 6.92 Å². The summed E-state index contributed by atoms with van der Waals surface area (Å²) < 4.78 is 9.50. The highest BCUT2D eigenvalue weighted by Gasteiger charge is 2.36. The maximum absolute atomic E-state index is 12.2. The molecule has 0 radical (unpaired) electrons. The van der Waals surface area contributed by atoms with Gasteiger partial charge in [-0.15, -0.1) is 0 Å². The Morgan fingerprint density at radius 3 is 2.18 bits per heavy atom. The molecule has 1 heterocycles. The van der Waals surface area contributed by atoms with E-state index in [0.717, 1.165) is 4.90 Å². The maximum Gasteiger partial charge on any atom is 0.328 e. The summed E-state index contributed by atoms with van der Waals surface area (Å²) in [5, 5.41) is 2.46. The molecule has 150 valence electrons. The summed E-state index contributed by atoms with van der Waals surface area (Å²) in [4.78, 5) is 60.9. The number of esters is 2. The zero-order valence-electron chi connectivity index (χ0n) is 15.9. The van der Waals surface area contributed by atoms with Crippen molar-refractivity contribution in [3.05, 3.63) is 35.4 Å². The maximum atomic E-state index is 12.2. The topological polar surface area (TPSA) is 119 Å². The number of fused-ring (bicyclic) bond motifs is 1. The molecule has 3 amide bonds. The standard InChI is InChI=1S/C19H22N2O7/c1-4-11(2)16(19(26)27-3)20-14(22)10-28-15(23)9-21-17(24)12-7-5-6-8-13(12)18(21)25/h5-8,11,16H,4,9-10H2,1-3H3,(H,20,22)/t11-,16-/m0/s1. The highest BCUT2D eigenvalue weighted by atomic mass is 16.5. The van der Waals surface area contributed by atoms with Crippen LogP contribution in [0.4, 0.5) is 0 Å². The van der Waals surface area contributed by atoms with Gasteiger partial charge in [0.15, 0.2) is 6.61 Å². The Bertz CT molecular complexity index is 770. The molecule has 0 aromatic heterocycles. The number of hydrogen-bond acceptors (Lipinski definition) is 7. The number of benzene rings is 1. The van der Waals surface area contributed by atoms with Crippen LogP contribution in [0.25, 0.3) is 0 Å². The van der Waals surface area contributed by atoms with Gasteiger partial charge in [0.05, 0.1) is 18.2 Å². The molecule has 9 heteroatoms. The van der Waals surface area contributed by atoms with Gasteiger partial charge in [0.25, 0.3) is 17.7 Å². The van der Waals surface area contributed by atoms with Crippen molar-refractivity contribution in [2.45, 2.75) is 26.3 Å². The Balaban J connectivity index is 1.89. The van der Waals surface area contributed by atoms with Crippen molar-refractivity contribution in [3.8, 4) is 0 Å². The van der Waals surface area contributed by atoms with Gasteiger partial charge in [0.2, 0.25) is 0 Å². The summed E-state index contributed by atoms with van der Waals surface area (Å²) in [5.74, 6) is -3.56. The molecule has 9 nitrogen and oxygen atoms in total. The van der Waals surface area contributed by atoms with Crippen molar-refractivity contribution in [3.63, 3.8) is 0 Å². The first-order valence-corrected chi connectivity index (χ1v) is 8.78. The number of rotatable bonds is 8. The SMILES string of the molecule is CC[C@H](C)[C@H](NC(=O)COC(=O)CN1C(=O)c2ccccc2C1=O)C(=O)OC. The average Bonchev–Trinajstić information content (AvgIpc) is 2.94. The lowest BCUT2D eigenvalue weighted by atomic mass is 9.99. The zero-order chi connectivity index (χ0) is 20.8. The second-order valence-electron chi connectivity index (χ2n) is 6.36. The number of imide groups is 1. The van der Waals surface area contributed by atoms with Crippen molar-refractivity contribution in [1.82, 2.24) is 10.2 Å². The van der Waals surface area contributed by atoms with Gasteiger partial charge in [-0.05, 0) is 18.1 Å². The molecule has 1 aliphatic heterocycles. The zero-order valence-corrected chi connectivity index (χ0v) is 15.9. The van der Waals surface area contributed by atoms with E-state index in [1.54, 1.807) is 19.1 Å². The molecule has 0 saturated heterocycles. The Morgan fingerprint density at radius 2 is 1.68 bits per heavy atom. The normalized spacial score (nSPS) is 14.9. The first kappa shape index (κ1) is 21.1. The third kappa shape index (κ3) is 4.54. The van der Waals surface area contributed by atoms with E-state index in [9.17, 15) is 24.0 Å². The van der Waals surface area contributed by atoms with E-state index < -0.39 is 48.9 Å². The van der Waals surface area contributed by atoms with E-state index in [1.165, 1.54) is 19.2 Å². The van der Waals surface area contributed by atoms with Gasteiger partial charge in [-0.25, -0.2) is 4.79 Å². The second-order valence-corrected chi connectivity index (χ2v) is 6.36. The highest BCUT2D eigenvalue weighted by Crippen LogP contribution is 2.22. The van der Waals surface area contributed by atoms with Crippen LogP contribution in [0.5, 0.6) is 0 Å². The van der Waals surface area contributed by atoms with E-state index in [2.05, 4.69) is 10.1 Å². The van der Waals surface area contributed by atoms with Crippen LogP contribution in [0.1, 0.15) is 41.0 Å². The Hall–Kier alpha value is -3.23. The predicted octanol–water partition coefficient (Wildman–Crippen LogP) is 0.530. The van der Waals surface area contributed by atoms with Crippen LogP contribution in [0.3, 0.4) is 0 Å². The number of ether oxygens (including phenoxy) is 2. The fraction of sp³-hybridized carbons (Fsp3) is 0.421. The average molecular weight is 390 g/mol. The van der Waals surface area contributed by atoms with Crippen molar-refractivity contribution in [1.29, 1.82) is 0 Å². The summed E-state index contributed by atoms with van der Waals surface area (Å²) in [7, 11) is 1.21. The first-order valence-electron chi connectivity index (χ1n) is 8.78. The molecule has 1 aliphatic rings. The minimum Gasteiger partial charge on any atom is -0.467 e. The molecule has 0 spiro atoms. The van der Waals surface area contributed by atoms with Crippen LogP contribution in [0, 0.1) is 5.92 Å². The predicted molar refractivity (Wildman–Crippen MR) is 96.2 cm³/mol. The third-order valence-electron chi connectivity index (χ3n) is 4.51. The van der Waals surface area contributed by atoms with Gasteiger partial charge in [-0.3, -0.25) is 24.1 Å². The van der Waals surface area contributed by atoms with E-state index in [-0.39, 0.29) is 17.0 Å². The minimum atomic E-state index is -0.914. The highest BCUT2D eigenvalue weighted by molar-refractivity contribution is 6.22. The number of hydrogen-bond donors (Lipinski definition) is 1. The quantitative estimate of drug-likeness (QED) is 0.508. The molecule has 1 N–H and O–H groups in total. The molecule has 0 aliphatic carbocycles. The molecule has 0 unspecified atom stereocenters. The van der Waals surface area contributed by atoms with Crippen molar-refractivity contribution in [2.75, 3.05) is 20.3 Å². The van der Waals surface area contributed by atoms with E-state index >= 15 is 0 Å². The fourth-order valence-corrected chi connectivity index (χ4v) is 2.71. The van der Waals surface area contributed by atoms with Gasteiger partial charge in [0, 0.05) is 0 Å². The minimum absolute atomic E-state index is 0.176. The fourth-order valence-electron chi connectivity index (χ4n) is 2.71. The van der Waals surface area contributed by atoms with Crippen molar-refractivity contribution >= 4 is 29.7 Å². The number of nitrogens with one attached hydrogen (secondary N) is 1. The van der Waals surface area contributed by atoms with Crippen LogP contribution in [0.2, 0.25) is 0 Å². The largest absolute Gasteiger partial charge is 0.467 e. The number of methoxy groups -OCH3 is 1. The van der Waals surface area contributed by atoms with Crippen molar-refractivity contribution in [2.24, 2.45) is 5.92 Å². The molecular formula is C19H22N2O7. The lowest BCUT2D eigenvalue weighted by Gasteiger charge is -2.21. The van der Waals surface area contributed by atoms with E-state index in [0.29, 0.717) is 6.42 Å². The number of nitrogens with zero attached hydrogens (tertiary/aromatic N) is 1. The van der Waals surface area contributed by atoms with Crippen LogP contribution >= 0.6 is 0 Å². The Kier molecular flexibility index (Phi) is 6.86. The summed E-state index contributed by atoms with van der Waals surface area (Å²) in [6.45, 7) is 2.38. The van der Waals surface area contributed by atoms with Gasteiger partial charge in [0.1, 0.15) is 12.6 Å². The summed E-state index contributed by atoms with van der Waals surface area (Å²) in [6.07, 6.45) is 0.625. The van der Waals surface area contributed by atoms with Gasteiger partial charge in [-0.2, -0.15) is 0 Å². The number of carbonyl (C=O) groups is 5. The molecule has 1 aromatic rings. The van der Waals surface area contributed by atoms with Gasteiger partial charge >= 0.3 is 11.9 Å². The molecule has 1 aromatic carbocycles. The lowest BCUT2D eigenvalue weighted by Crippen LogP contribution is -2.47. The second kappa shape index (κ2) is 9.12. The van der Waals surface area contributed by atoms with Crippen LogP contribution in [-0.2, 0) is 23.9 Å². The number of carbonyl (C=O) groups excluding carboxylic acids is 5. The van der Waals surface area contributed by atoms with Crippen LogP contribution in [0.15, 0.2) is 24.3 Å². The summed E-state index contributed by atoms with van der Waals surface area (Å²) in [6, 6.07) is 5.36. The van der Waals surface area contributed by atoms with Crippen LogP contribution < -0.4 is 5.32 Å². The molecule has 28 heavy (non-hydrogen) atoms. The smallest absolute Gasteiger partial charge is 0.328 e. The molecule has 2 atom stereocenters. The molecule has 0 bridgehead atoms. The number of amides is 3. The Labute approximate surface area is 162 Å². The lowest BCUT2D eigenvalue weighted by molar-refractivity contribution is -0.151. The summed E-state index contributed by atoms with van der Waals surface area (Å²) >= 11 is 0. The first-order chi connectivity index (χ1) is 13.3. The Morgan fingerprint density at radius 1 is 1.11 bits per heavy atom. The third-order valence-corrected chi connectivity index (χ3v) is 4.51. The molecule has 0 fully saturated rings. The molecule has 2 rings (SSSR count). The molecular weight excluding hydrogens is 368 g/mol. The van der Waals surface area contributed by atoms with Crippen LogP contribution in [-0.4, -0.2) is 60.9 Å². The van der Waals surface area contributed by atoms with Crippen molar-refractivity contribution < 1.29 is 33.4 Å². The monoisotopic (exact) mass is 390 g/mol. The molecule has 0 saturated carbocycles. The van der Waals surface area contributed by atoms with E-state index in [4.69, 9.17) is 4.74 Å². The van der Waals surface area contributed by atoms with Gasteiger partial charge < -0.3 is 14.8 Å².